The van der Waals surface area contributed by atoms with Crippen molar-refractivity contribution >= 4 is 0 Å². The second kappa shape index (κ2) is 6.38. The van der Waals surface area contributed by atoms with Crippen molar-refractivity contribution in [1.82, 2.24) is 25.1 Å². The number of methoxy groups -OCH3 is 1. The van der Waals surface area contributed by atoms with E-state index in [1.165, 1.54) is 0 Å². The van der Waals surface area contributed by atoms with Gasteiger partial charge in [-0.25, -0.2) is 4.98 Å². The van der Waals surface area contributed by atoms with Crippen LogP contribution in [-0.4, -0.2) is 33.4 Å². The summed E-state index contributed by atoms with van der Waals surface area (Å²) in [5.74, 6) is 1.66. The smallest absolute Gasteiger partial charge is 0.162 e. The number of ether oxygens (including phenoxy) is 1. The molecule has 2 rings (SSSR count). The second-order valence-corrected chi connectivity index (χ2v) is 4.28. The zero-order valence-corrected chi connectivity index (χ0v) is 11.7. The van der Waals surface area contributed by atoms with Crippen molar-refractivity contribution in [2.45, 2.75) is 32.9 Å². The molecule has 6 nitrogen and oxygen atoms in total. The largest absolute Gasteiger partial charge is 0.493 e. The normalized spacial score (nSPS) is 12.6. The fraction of sp³-hybridized carbons (Fsp3) is 0.538. The highest BCUT2D eigenvalue weighted by atomic mass is 16.5. The van der Waals surface area contributed by atoms with Gasteiger partial charge in [0.25, 0.3) is 0 Å². The third-order valence-corrected chi connectivity index (χ3v) is 3.03. The van der Waals surface area contributed by atoms with Gasteiger partial charge in [-0.05, 0) is 19.9 Å². The molecule has 0 aromatic carbocycles. The van der Waals surface area contributed by atoms with Gasteiger partial charge in [0.2, 0.25) is 0 Å². The predicted octanol–water partition coefficient (Wildman–Crippen LogP) is 1.72. The van der Waals surface area contributed by atoms with E-state index in [4.69, 9.17) is 4.74 Å². The lowest BCUT2D eigenvalue weighted by molar-refractivity contribution is 0.397. The average molecular weight is 263 g/mol. The van der Waals surface area contributed by atoms with Crippen molar-refractivity contribution in [3.63, 3.8) is 0 Å². The molecule has 6 heteroatoms. The van der Waals surface area contributed by atoms with Gasteiger partial charge in [0.05, 0.1) is 13.3 Å². The van der Waals surface area contributed by atoms with Crippen LogP contribution >= 0.6 is 0 Å². The van der Waals surface area contributed by atoms with Crippen molar-refractivity contribution in [3.8, 4) is 5.75 Å². The van der Waals surface area contributed by atoms with E-state index in [2.05, 4.69) is 34.2 Å². The number of imidazole rings is 1. The molecule has 0 aliphatic heterocycles. The van der Waals surface area contributed by atoms with E-state index >= 15 is 0 Å². The molecular weight excluding hydrogens is 242 g/mol. The number of nitrogens with zero attached hydrogens (tertiary/aromatic N) is 3. The Morgan fingerprint density at radius 2 is 2.32 bits per heavy atom. The van der Waals surface area contributed by atoms with Gasteiger partial charge in [-0.1, -0.05) is 6.92 Å². The molecule has 0 saturated heterocycles. The summed E-state index contributed by atoms with van der Waals surface area (Å²) in [6.07, 6.45) is 6.40. The number of hydrogen-bond acceptors (Lipinski definition) is 4. The second-order valence-electron chi connectivity index (χ2n) is 4.28. The number of aromatic nitrogens is 4. The Balaban J connectivity index is 2.39. The van der Waals surface area contributed by atoms with Crippen LogP contribution in [0.25, 0.3) is 0 Å². The van der Waals surface area contributed by atoms with Crippen molar-refractivity contribution in [2.75, 3.05) is 13.7 Å². The van der Waals surface area contributed by atoms with Gasteiger partial charge in [-0.2, -0.15) is 5.10 Å². The molecule has 0 aliphatic carbocycles. The maximum Gasteiger partial charge on any atom is 0.162 e. The van der Waals surface area contributed by atoms with Crippen LogP contribution in [0.5, 0.6) is 5.75 Å². The van der Waals surface area contributed by atoms with Crippen molar-refractivity contribution in [1.29, 1.82) is 0 Å². The van der Waals surface area contributed by atoms with Crippen LogP contribution < -0.4 is 10.1 Å². The van der Waals surface area contributed by atoms with Gasteiger partial charge in [0.15, 0.2) is 5.75 Å². The molecule has 2 aromatic rings. The van der Waals surface area contributed by atoms with E-state index < -0.39 is 0 Å². The summed E-state index contributed by atoms with van der Waals surface area (Å²) in [6.45, 7) is 5.91. The lowest BCUT2D eigenvalue weighted by Crippen LogP contribution is -2.27. The molecular formula is C13H21N5O. The summed E-state index contributed by atoms with van der Waals surface area (Å²) in [7, 11) is 1.67. The Kier molecular flexibility index (Phi) is 4.57. The quantitative estimate of drug-likeness (QED) is 0.798. The zero-order chi connectivity index (χ0) is 13.7. The molecule has 0 fully saturated rings. The molecule has 2 heterocycles. The van der Waals surface area contributed by atoms with Gasteiger partial charge < -0.3 is 15.0 Å². The summed E-state index contributed by atoms with van der Waals surface area (Å²) >= 11 is 0. The molecule has 0 spiro atoms. The van der Waals surface area contributed by atoms with Crippen LogP contribution in [0.1, 0.15) is 37.8 Å². The molecule has 0 amide bonds. The Morgan fingerprint density at radius 1 is 1.47 bits per heavy atom. The highest BCUT2D eigenvalue weighted by molar-refractivity contribution is 5.32. The van der Waals surface area contributed by atoms with Gasteiger partial charge >= 0.3 is 0 Å². The Hall–Kier alpha value is -1.82. The Bertz CT molecular complexity index is 470. The number of nitrogens with one attached hydrogen (secondary N) is 2. The molecule has 0 saturated carbocycles. The lowest BCUT2D eigenvalue weighted by Gasteiger charge is -2.19. The SMILES string of the molecule is CCCNC(c1ncc[nH]1)c1c(OC)cnn1CC. The van der Waals surface area contributed by atoms with E-state index in [1.54, 1.807) is 19.5 Å². The van der Waals surface area contributed by atoms with Crippen molar-refractivity contribution in [2.24, 2.45) is 0 Å². The number of aryl methyl sites for hydroxylation is 1. The minimum atomic E-state index is -0.0349. The van der Waals surface area contributed by atoms with Crippen LogP contribution in [-0.2, 0) is 6.54 Å². The minimum Gasteiger partial charge on any atom is -0.493 e. The molecule has 2 aromatic heterocycles. The minimum absolute atomic E-state index is 0.0349. The molecule has 19 heavy (non-hydrogen) atoms. The molecule has 1 atom stereocenters. The summed E-state index contributed by atoms with van der Waals surface area (Å²) < 4.78 is 7.36. The molecule has 0 bridgehead atoms. The number of aromatic amines is 1. The van der Waals surface area contributed by atoms with Crippen LogP contribution in [0, 0.1) is 0 Å². The van der Waals surface area contributed by atoms with Crippen LogP contribution in [0.15, 0.2) is 18.6 Å². The Labute approximate surface area is 113 Å². The van der Waals surface area contributed by atoms with Crippen molar-refractivity contribution in [3.05, 3.63) is 30.1 Å². The maximum absolute atomic E-state index is 5.42. The van der Waals surface area contributed by atoms with Crippen LogP contribution in [0.4, 0.5) is 0 Å². The van der Waals surface area contributed by atoms with Gasteiger partial charge in [-0.15, -0.1) is 0 Å². The summed E-state index contributed by atoms with van der Waals surface area (Å²) in [6, 6.07) is -0.0349. The zero-order valence-electron chi connectivity index (χ0n) is 11.7. The lowest BCUT2D eigenvalue weighted by atomic mass is 10.1. The topological polar surface area (TPSA) is 67.8 Å². The highest BCUT2D eigenvalue weighted by Gasteiger charge is 2.24. The first-order valence-electron chi connectivity index (χ1n) is 6.64. The van der Waals surface area contributed by atoms with Gasteiger partial charge in [0.1, 0.15) is 17.6 Å². The van der Waals surface area contributed by atoms with Gasteiger partial charge in [-0.3, -0.25) is 4.68 Å². The predicted molar refractivity (Wildman–Crippen MR) is 73.2 cm³/mol. The summed E-state index contributed by atoms with van der Waals surface area (Å²) in [4.78, 5) is 7.53. The molecule has 2 N–H and O–H groups in total. The first-order chi connectivity index (χ1) is 9.31. The Morgan fingerprint density at radius 3 is 2.89 bits per heavy atom. The maximum atomic E-state index is 5.42. The summed E-state index contributed by atoms with van der Waals surface area (Å²) in [5, 5.41) is 7.84. The standard InChI is InChI=1S/C13H21N5O/c1-4-6-14-11(13-15-7-8-16-13)12-10(19-3)9-17-18(12)5-2/h7-9,11,14H,4-6H2,1-3H3,(H,15,16). The van der Waals surface area contributed by atoms with E-state index in [-0.39, 0.29) is 6.04 Å². The van der Waals surface area contributed by atoms with E-state index in [0.717, 1.165) is 36.8 Å². The first-order valence-corrected chi connectivity index (χ1v) is 6.64. The fourth-order valence-corrected chi connectivity index (χ4v) is 2.13. The third-order valence-electron chi connectivity index (χ3n) is 3.03. The van der Waals surface area contributed by atoms with Gasteiger partial charge in [0, 0.05) is 18.9 Å². The molecule has 0 radical (unpaired) electrons. The number of H-pyrrole nitrogens is 1. The summed E-state index contributed by atoms with van der Waals surface area (Å²) in [5.41, 5.74) is 1.01. The first kappa shape index (κ1) is 13.6. The number of hydrogen-bond donors (Lipinski definition) is 2. The fourth-order valence-electron chi connectivity index (χ4n) is 2.13. The van der Waals surface area contributed by atoms with Crippen LogP contribution in [0.2, 0.25) is 0 Å². The van der Waals surface area contributed by atoms with Crippen molar-refractivity contribution < 1.29 is 4.74 Å². The molecule has 0 aliphatic rings. The molecule has 104 valence electrons. The van der Waals surface area contributed by atoms with E-state index in [9.17, 15) is 0 Å². The number of rotatable bonds is 7. The monoisotopic (exact) mass is 263 g/mol. The average Bonchev–Trinajstić information content (AvgIpc) is 3.08. The molecule has 1 unspecified atom stereocenters. The highest BCUT2D eigenvalue weighted by Crippen LogP contribution is 2.28. The van der Waals surface area contributed by atoms with E-state index in [1.807, 2.05) is 10.9 Å². The third kappa shape index (κ3) is 2.78. The van der Waals surface area contributed by atoms with Crippen LogP contribution in [0.3, 0.4) is 0 Å². The van der Waals surface area contributed by atoms with E-state index in [0.29, 0.717) is 0 Å².